The van der Waals surface area contributed by atoms with Crippen LogP contribution in [0.25, 0.3) is 44.5 Å². The summed E-state index contributed by atoms with van der Waals surface area (Å²) in [5.41, 5.74) is 19.7. The van der Waals surface area contributed by atoms with Crippen molar-refractivity contribution in [3.8, 4) is 33.4 Å². The maximum Gasteiger partial charge on any atom is 0.0361 e. The highest BCUT2D eigenvalue weighted by atomic mass is 14.8. The van der Waals surface area contributed by atoms with Crippen molar-refractivity contribution in [2.45, 2.75) is 60.8 Å². The number of nitrogens with one attached hydrogen (secondary N) is 2. The van der Waals surface area contributed by atoms with Crippen molar-refractivity contribution in [3.05, 3.63) is 203 Å². The molecule has 288 valence electrons. The molecule has 4 aromatic carbocycles. The first-order chi connectivity index (χ1) is 27.6. The van der Waals surface area contributed by atoms with E-state index in [1.807, 2.05) is 37.8 Å². The Bertz CT molecular complexity index is 2320. The van der Waals surface area contributed by atoms with Crippen molar-refractivity contribution in [1.82, 2.24) is 15.3 Å². The lowest BCUT2D eigenvalue weighted by Gasteiger charge is -2.15. The van der Waals surface area contributed by atoms with E-state index in [9.17, 15) is 0 Å². The molecule has 0 saturated heterocycles. The third-order valence-corrected chi connectivity index (χ3v) is 10.2. The summed E-state index contributed by atoms with van der Waals surface area (Å²) in [6.07, 6.45) is 15.6. The average Bonchev–Trinajstić information content (AvgIpc) is 3.25. The van der Waals surface area contributed by atoms with Gasteiger partial charge in [0.15, 0.2) is 0 Å². The normalized spacial score (nSPS) is 12.4. The highest BCUT2D eigenvalue weighted by Gasteiger charge is 2.11. The molecule has 0 spiro atoms. The van der Waals surface area contributed by atoms with Crippen molar-refractivity contribution < 1.29 is 0 Å². The van der Waals surface area contributed by atoms with E-state index < -0.39 is 0 Å². The highest BCUT2D eigenvalue weighted by Crippen LogP contribution is 2.34. The van der Waals surface area contributed by atoms with Crippen LogP contribution in [0.4, 0.5) is 0 Å². The Balaban J connectivity index is 0.000000180. The molecular formula is C53H56N4. The van der Waals surface area contributed by atoms with E-state index in [4.69, 9.17) is 5.41 Å². The molecule has 0 aliphatic carbocycles. The minimum atomic E-state index is 0.518. The predicted molar refractivity (Wildman–Crippen MR) is 245 cm³/mol. The Morgan fingerprint density at radius 2 is 1.33 bits per heavy atom. The van der Waals surface area contributed by atoms with Crippen LogP contribution in [0.2, 0.25) is 0 Å². The number of dihydropyridines is 1. The number of allylic oxidation sites excluding steroid dienone is 5. The molecule has 4 heteroatoms. The SMILES string of the molecule is C=C/C(=C(/C)C=N)c1ccncc1CC.CC1=C(c2ccncc2C)C=CNC1.Cc1cc(-c2cc(-c3ccccc3)cc(-c3ccccc3)c2)cc(C(C)C)c1. The van der Waals surface area contributed by atoms with Gasteiger partial charge in [0.1, 0.15) is 0 Å². The Hall–Kier alpha value is -6.39. The second-order valence-electron chi connectivity index (χ2n) is 14.7. The van der Waals surface area contributed by atoms with Crippen LogP contribution in [0.5, 0.6) is 0 Å². The Morgan fingerprint density at radius 3 is 1.88 bits per heavy atom. The van der Waals surface area contributed by atoms with Gasteiger partial charge in [0.25, 0.3) is 0 Å². The molecule has 3 heterocycles. The molecule has 0 atom stereocenters. The molecule has 0 bridgehead atoms. The summed E-state index contributed by atoms with van der Waals surface area (Å²) < 4.78 is 0. The van der Waals surface area contributed by atoms with Crippen LogP contribution in [0.3, 0.4) is 0 Å². The summed E-state index contributed by atoms with van der Waals surface area (Å²) in [6.45, 7) is 19.7. The molecule has 6 aromatic rings. The average molecular weight is 749 g/mol. The van der Waals surface area contributed by atoms with Crippen LogP contribution in [-0.4, -0.2) is 22.7 Å². The van der Waals surface area contributed by atoms with Gasteiger partial charge in [0.05, 0.1) is 0 Å². The van der Waals surface area contributed by atoms with E-state index in [1.54, 1.807) is 12.3 Å². The van der Waals surface area contributed by atoms with Crippen LogP contribution >= 0.6 is 0 Å². The molecule has 0 radical (unpaired) electrons. The van der Waals surface area contributed by atoms with Gasteiger partial charge >= 0.3 is 0 Å². The van der Waals surface area contributed by atoms with Gasteiger partial charge in [-0.1, -0.05) is 118 Å². The van der Waals surface area contributed by atoms with Gasteiger partial charge in [0, 0.05) is 37.5 Å². The number of nitrogens with zero attached hydrogens (tertiary/aromatic N) is 2. The van der Waals surface area contributed by atoms with E-state index >= 15 is 0 Å². The topological polar surface area (TPSA) is 61.7 Å². The minimum absolute atomic E-state index is 0.518. The third-order valence-electron chi connectivity index (χ3n) is 10.2. The molecule has 1 aliphatic heterocycles. The number of hydrogen-bond acceptors (Lipinski definition) is 4. The van der Waals surface area contributed by atoms with Crippen LogP contribution in [0.15, 0.2) is 170 Å². The molecule has 0 amide bonds. The van der Waals surface area contributed by atoms with Crippen molar-refractivity contribution in [2.75, 3.05) is 6.54 Å². The summed E-state index contributed by atoms with van der Waals surface area (Å²) in [6, 6.07) is 39.2. The number of benzene rings is 4. The smallest absolute Gasteiger partial charge is 0.0361 e. The monoisotopic (exact) mass is 748 g/mol. The fraction of sp³-hybridized carbons (Fsp3) is 0.189. The maximum absolute atomic E-state index is 7.27. The minimum Gasteiger partial charge on any atom is -0.387 e. The lowest BCUT2D eigenvalue weighted by molar-refractivity contribution is 0.865. The van der Waals surface area contributed by atoms with E-state index in [2.05, 4.69) is 173 Å². The van der Waals surface area contributed by atoms with Crippen LogP contribution in [-0.2, 0) is 6.42 Å². The first-order valence-electron chi connectivity index (χ1n) is 19.8. The van der Waals surface area contributed by atoms with Gasteiger partial charge in [-0.2, -0.15) is 0 Å². The number of aromatic nitrogens is 2. The molecule has 7 rings (SSSR count). The Kier molecular flexibility index (Phi) is 15.0. The largest absolute Gasteiger partial charge is 0.387 e. The molecule has 0 fully saturated rings. The van der Waals surface area contributed by atoms with Crippen molar-refractivity contribution >= 4 is 17.4 Å². The molecule has 2 aromatic heterocycles. The summed E-state index contributed by atoms with van der Waals surface area (Å²) in [7, 11) is 0. The molecule has 57 heavy (non-hydrogen) atoms. The van der Waals surface area contributed by atoms with Crippen LogP contribution < -0.4 is 5.32 Å². The maximum atomic E-state index is 7.27. The number of hydrogen-bond donors (Lipinski definition) is 2. The van der Waals surface area contributed by atoms with E-state index in [1.165, 1.54) is 78.6 Å². The van der Waals surface area contributed by atoms with Crippen molar-refractivity contribution in [3.63, 3.8) is 0 Å². The zero-order valence-corrected chi connectivity index (χ0v) is 34.6. The first kappa shape index (κ1) is 41.8. The van der Waals surface area contributed by atoms with E-state index in [0.29, 0.717) is 5.92 Å². The highest BCUT2D eigenvalue weighted by molar-refractivity contribution is 5.93. The van der Waals surface area contributed by atoms with Gasteiger partial charge in [-0.3, -0.25) is 9.97 Å². The fourth-order valence-electron chi connectivity index (χ4n) is 6.92. The zero-order valence-electron chi connectivity index (χ0n) is 34.6. The second kappa shape index (κ2) is 20.5. The van der Waals surface area contributed by atoms with Gasteiger partial charge in [-0.05, 0) is 166 Å². The van der Waals surface area contributed by atoms with Gasteiger partial charge in [-0.25, -0.2) is 0 Å². The molecule has 0 saturated carbocycles. The summed E-state index contributed by atoms with van der Waals surface area (Å²) in [5.74, 6) is 0.518. The lowest BCUT2D eigenvalue weighted by Crippen LogP contribution is -2.13. The lowest BCUT2D eigenvalue weighted by atomic mass is 9.90. The molecule has 2 N–H and O–H groups in total. The Labute approximate surface area is 341 Å². The Morgan fingerprint density at radius 1 is 0.754 bits per heavy atom. The van der Waals surface area contributed by atoms with Gasteiger partial charge in [0.2, 0.25) is 0 Å². The molecule has 1 aliphatic rings. The predicted octanol–water partition coefficient (Wildman–Crippen LogP) is 13.7. The van der Waals surface area contributed by atoms with Crippen molar-refractivity contribution in [1.29, 1.82) is 5.41 Å². The second-order valence-corrected chi connectivity index (χ2v) is 14.7. The van der Waals surface area contributed by atoms with E-state index in [0.717, 1.165) is 29.7 Å². The quantitative estimate of drug-likeness (QED) is 0.114. The van der Waals surface area contributed by atoms with E-state index in [-0.39, 0.29) is 0 Å². The third kappa shape index (κ3) is 11.1. The van der Waals surface area contributed by atoms with Gasteiger partial charge < -0.3 is 10.7 Å². The fourth-order valence-corrected chi connectivity index (χ4v) is 6.92. The van der Waals surface area contributed by atoms with Crippen LogP contribution in [0.1, 0.15) is 73.9 Å². The van der Waals surface area contributed by atoms with Crippen LogP contribution in [0, 0.1) is 19.3 Å². The summed E-state index contributed by atoms with van der Waals surface area (Å²) >= 11 is 0. The van der Waals surface area contributed by atoms with Crippen molar-refractivity contribution in [2.24, 2.45) is 0 Å². The first-order valence-corrected chi connectivity index (χ1v) is 19.8. The van der Waals surface area contributed by atoms with Gasteiger partial charge in [-0.15, -0.1) is 0 Å². The summed E-state index contributed by atoms with van der Waals surface area (Å²) in [5, 5.41) is 10.5. The number of pyridine rings is 2. The molecular weight excluding hydrogens is 693 g/mol. The molecule has 4 nitrogen and oxygen atoms in total. The molecule has 0 unspecified atom stereocenters. The number of aryl methyl sites for hydroxylation is 3. The summed E-state index contributed by atoms with van der Waals surface area (Å²) in [4.78, 5) is 8.21. The standard InChI is InChI=1S/C28H26.C13H16N2.C12H14N2/c1-20(2)24-14-21(3)15-25(16-24)28-18-26(22-10-6-4-7-11-22)17-27(19-28)23-12-8-5-9-13-23;1-4-11-9-15-7-6-13(11)12(5-2)10(3)8-14;1-9-7-13-5-3-11(9)12-4-6-14-8-10(12)2/h4-20H,1-3H3;5-9,14H,2,4H2,1,3H3;3-7,14H,8H2,1-2H3/b;12-10+,14-8?;. The zero-order chi connectivity index (χ0) is 40.7. The number of rotatable bonds is 9.